The molecule has 0 spiro atoms. The monoisotopic (exact) mass is 206 g/mol. The highest BCUT2D eigenvalue weighted by Gasteiger charge is 2.16. The van der Waals surface area contributed by atoms with Crippen LogP contribution in [0.3, 0.4) is 0 Å². The molecule has 0 aromatic heterocycles. The quantitative estimate of drug-likeness (QED) is 0.638. The number of methoxy groups -OCH3 is 1. The van der Waals surface area contributed by atoms with Crippen LogP contribution in [0.2, 0.25) is 0 Å². The van der Waals surface area contributed by atoms with Gasteiger partial charge in [-0.15, -0.1) is 0 Å². The van der Waals surface area contributed by atoms with E-state index in [1.54, 1.807) is 0 Å². The van der Waals surface area contributed by atoms with Crippen molar-refractivity contribution >= 4 is 16.8 Å². The average Bonchev–Trinajstić information content (AvgIpc) is 2.02. The molecule has 0 bridgehead atoms. The SMILES string of the molecule is COC(=O)CC(C)S(=O)CC(C)C. The van der Waals surface area contributed by atoms with Gasteiger partial charge in [-0.1, -0.05) is 20.8 Å². The van der Waals surface area contributed by atoms with Crippen LogP contribution in [0, 0.1) is 5.92 Å². The van der Waals surface area contributed by atoms with Crippen LogP contribution < -0.4 is 0 Å². The third-order valence-corrected chi connectivity index (χ3v) is 3.69. The van der Waals surface area contributed by atoms with Crippen molar-refractivity contribution in [1.82, 2.24) is 0 Å². The number of rotatable bonds is 5. The zero-order valence-corrected chi connectivity index (χ0v) is 9.52. The van der Waals surface area contributed by atoms with Gasteiger partial charge in [0.05, 0.1) is 13.5 Å². The Kier molecular flexibility index (Phi) is 5.95. The molecule has 78 valence electrons. The molecule has 0 heterocycles. The van der Waals surface area contributed by atoms with Crippen molar-refractivity contribution < 1.29 is 13.7 Å². The molecule has 3 nitrogen and oxygen atoms in total. The van der Waals surface area contributed by atoms with Gasteiger partial charge in [0, 0.05) is 21.8 Å². The van der Waals surface area contributed by atoms with Crippen molar-refractivity contribution in [3.8, 4) is 0 Å². The second-order valence-corrected chi connectivity index (χ2v) is 5.43. The molecule has 0 N–H and O–H groups in total. The number of hydrogen-bond acceptors (Lipinski definition) is 3. The van der Waals surface area contributed by atoms with Crippen molar-refractivity contribution in [3.05, 3.63) is 0 Å². The summed E-state index contributed by atoms with van der Waals surface area (Å²) in [7, 11) is 0.430. The Hall–Kier alpha value is -0.380. The van der Waals surface area contributed by atoms with E-state index in [0.717, 1.165) is 0 Å². The van der Waals surface area contributed by atoms with E-state index >= 15 is 0 Å². The Morgan fingerprint density at radius 2 is 1.92 bits per heavy atom. The average molecular weight is 206 g/mol. The predicted octanol–water partition coefficient (Wildman–Crippen LogP) is 1.34. The Bertz CT molecular complexity index is 189. The number of carbonyl (C=O) groups excluding carboxylic acids is 1. The Balaban J connectivity index is 3.89. The van der Waals surface area contributed by atoms with E-state index in [0.29, 0.717) is 11.7 Å². The van der Waals surface area contributed by atoms with Crippen LogP contribution >= 0.6 is 0 Å². The van der Waals surface area contributed by atoms with Gasteiger partial charge in [0.25, 0.3) is 0 Å². The van der Waals surface area contributed by atoms with Gasteiger partial charge in [0.1, 0.15) is 0 Å². The maximum atomic E-state index is 11.5. The van der Waals surface area contributed by atoms with Crippen LogP contribution in [-0.4, -0.2) is 28.3 Å². The van der Waals surface area contributed by atoms with Crippen LogP contribution in [-0.2, 0) is 20.3 Å². The number of ether oxygens (including phenoxy) is 1. The summed E-state index contributed by atoms with van der Waals surface area (Å²) in [5.41, 5.74) is 0. The Labute approximate surface area is 82.3 Å². The Morgan fingerprint density at radius 3 is 2.31 bits per heavy atom. The molecular weight excluding hydrogens is 188 g/mol. The standard InChI is InChI=1S/C9H18O3S/c1-7(2)6-13(11)8(3)5-9(10)12-4/h7-8H,5-6H2,1-4H3. The van der Waals surface area contributed by atoms with E-state index in [9.17, 15) is 9.00 Å². The van der Waals surface area contributed by atoms with Crippen molar-refractivity contribution in [2.75, 3.05) is 12.9 Å². The molecule has 0 saturated carbocycles. The third kappa shape index (κ3) is 5.80. The number of esters is 1. The lowest BCUT2D eigenvalue weighted by Crippen LogP contribution is -2.21. The van der Waals surface area contributed by atoms with Gasteiger partial charge >= 0.3 is 5.97 Å². The molecule has 0 aliphatic carbocycles. The molecule has 0 saturated heterocycles. The van der Waals surface area contributed by atoms with E-state index in [2.05, 4.69) is 4.74 Å². The van der Waals surface area contributed by atoms with Crippen LogP contribution in [0.25, 0.3) is 0 Å². The lowest BCUT2D eigenvalue weighted by atomic mass is 10.3. The molecule has 2 unspecified atom stereocenters. The first-order chi connectivity index (χ1) is 5.97. The summed E-state index contributed by atoms with van der Waals surface area (Å²) < 4.78 is 16.0. The first kappa shape index (κ1) is 12.6. The minimum atomic E-state index is -0.918. The van der Waals surface area contributed by atoms with Crippen LogP contribution in [0.5, 0.6) is 0 Å². The first-order valence-corrected chi connectivity index (χ1v) is 5.79. The van der Waals surface area contributed by atoms with Crippen molar-refractivity contribution in [1.29, 1.82) is 0 Å². The molecule has 0 aliphatic heterocycles. The molecule has 0 amide bonds. The molecule has 13 heavy (non-hydrogen) atoms. The zero-order valence-electron chi connectivity index (χ0n) is 8.70. The topological polar surface area (TPSA) is 43.4 Å². The van der Waals surface area contributed by atoms with E-state index in [1.807, 2.05) is 20.8 Å². The highest BCUT2D eigenvalue weighted by Crippen LogP contribution is 2.06. The summed E-state index contributed by atoms with van der Waals surface area (Å²) in [5.74, 6) is 0.767. The van der Waals surface area contributed by atoms with Crippen LogP contribution in [0.4, 0.5) is 0 Å². The third-order valence-electron chi connectivity index (χ3n) is 1.63. The summed E-state index contributed by atoms with van der Waals surface area (Å²) in [6.07, 6.45) is 0.246. The van der Waals surface area contributed by atoms with Gasteiger partial charge < -0.3 is 4.74 Å². The second kappa shape index (κ2) is 6.13. The Morgan fingerprint density at radius 1 is 1.38 bits per heavy atom. The van der Waals surface area contributed by atoms with Crippen molar-refractivity contribution in [2.24, 2.45) is 5.92 Å². The molecule has 0 aliphatic rings. The summed E-state index contributed by atoms with van der Waals surface area (Å²) in [6.45, 7) is 5.85. The van der Waals surface area contributed by atoms with Gasteiger partial charge in [0.2, 0.25) is 0 Å². The highest BCUT2D eigenvalue weighted by molar-refractivity contribution is 7.85. The fourth-order valence-corrected chi connectivity index (χ4v) is 2.21. The molecule has 4 heteroatoms. The number of carbonyl (C=O) groups is 1. The zero-order chi connectivity index (χ0) is 10.4. The molecule has 0 fully saturated rings. The molecule has 0 aromatic carbocycles. The fourth-order valence-electron chi connectivity index (χ4n) is 0.904. The van der Waals surface area contributed by atoms with Crippen LogP contribution in [0.1, 0.15) is 27.2 Å². The summed E-state index contributed by atoms with van der Waals surface area (Å²) in [4.78, 5) is 10.9. The van der Waals surface area contributed by atoms with Crippen LogP contribution in [0.15, 0.2) is 0 Å². The maximum Gasteiger partial charge on any atom is 0.306 e. The molecular formula is C9H18O3S. The molecule has 0 aromatic rings. The highest BCUT2D eigenvalue weighted by atomic mass is 32.2. The maximum absolute atomic E-state index is 11.5. The van der Waals surface area contributed by atoms with Crippen molar-refractivity contribution in [3.63, 3.8) is 0 Å². The van der Waals surface area contributed by atoms with Gasteiger partial charge in [-0.25, -0.2) is 0 Å². The predicted molar refractivity (Wildman–Crippen MR) is 53.9 cm³/mol. The summed E-state index contributed by atoms with van der Waals surface area (Å²) >= 11 is 0. The largest absolute Gasteiger partial charge is 0.469 e. The smallest absolute Gasteiger partial charge is 0.306 e. The minimum absolute atomic E-state index is 0.102. The summed E-state index contributed by atoms with van der Waals surface area (Å²) in [5, 5.41) is -0.102. The minimum Gasteiger partial charge on any atom is -0.469 e. The fraction of sp³-hybridized carbons (Fsp3) is 0.889. The van der Waals surface area contributed by atoms with Gasteiger partial charge in [-0.2, -0.15) is 0 Å². The molecule has 0 radical (unpaired) electrons. The van der Waals surface area contributed by atoms with Gasteiger partial charge in [-0.3, -0.25) is 9.00 Å². The second-order valence-electron chi connectivity index (χ2n) is 3.53. The van der Waals surface area contributed by atoms with Crippen molar-refractivity contribution in [2.45, 2.75) is 32.4 Å². The summed E-state index contributed by atoms with van der Waals surface area (Å²) in [6, 6.07) is 0. The van der Waals surface area contributed by atoms with E-state index in [-0.39, 0.29) is 17.6 Å². The number of hydrogen-bond donors (Lipinski definition) is 0. The molecule has 2 atom stereocenters. The molecule has 0 rings (SSSR count). The van der Waals surface area contributed by atoms with E-state index in [1.165, 1.54) is 7.11 Å². The van der Waals surface area contributed by atoms with Gasteiger partial charge in [0.15, 0.2) is 0 Å². The normalized spacial score (nSPS) is 15.5. The van der Waals surface area contributed by atoms with E-state index in [4.69, 9.17) is 0 Å². The lowest BCUT2D eigenvalue weighted by Gasteiger charge is -2.11. The lowest BCUT2D eigenvalue weighted by molar-refractivity contribution is -0.140. The first-order valence-electron chi connectivity index (χ1n) is 4.41. The van der Waals surface area contributed by atoms with Gasteiger partial charge in [-0.05, 0) is 5.92 Å². The van der Waals surface area contributed by atoms with E-state index < -0.39 is 10.8 Å².